The summed E-state index contributed by atoms with van der Waals surface area (Å²) in [5, 5.41) is 7.67. The highest BCUT2D eigenvalue weighted by Crippen LogP contribution is 2.30. The molecule has 160 valence electrons. The van der Waals surface area contributed by atoms with Crippen molar-refractivity contribution >= 4 is 17.3 Å². The molecule has 0 saturated carbocycles. The lowest BCUT2D eigenvalue weighted by Crippen LogP contribution is -2.39. The van der Waals surface area contributed by atoms with Crippen molar-refractivity contribution in [3.63, 3.8) is 0 Å². The van der Waals surface area contributed by atoms with E-state index in [9.17, 15) is 13.2 Å². The van der Waals surface area contributed by atoms with Crippen LogP contribution in [0.1, 0.15) is 24.5 Å². The molecule has 10 heteroatoms. The molecular weight excluding hydrogens is 405 g/mol. The van der Waals surface area contributed by atoms with Crippen LogP contribution in [-0.2, 0) is 12.6 Å². The highest BCUT2D eigenvalue weighted by atomic mass is 32.1. The molecule has 1 heterocycles. The number of ether oxygens (including phenoxy) is 2. The number of aromatic nitrogens is 1. The van der Waals surface area contributed by atoms with E-state index in [1.807, 2.05) is 38.1 Å². The van der Waals surface area contributed by atoms with Crippen molar-refractivity contribution < 1.29 is 22.6 Å². The van der Waals surface area contributed by atoms with Gasteiger partial charge in [0.25, 0.3) is 0 Å². The minimum absolute atomic E-state index is 0.160. The van der Waals surface area contributed by atoms with Crippen LogP contribution in [0.3, 0.4) is 0 Å². The first-order valence-electron chi connectivity index (χ1n) is 9.16. The second-order valence-electron chi connectivity index (χ2n) is 6.12. The molecule has 6 nitrogen and oxygen atoms in total. The van der Waals surface area contributed by atoms with Crippen LogP contribution in [0, 0.1) is 0 Å². The Kier molecular flexibility index (Phi) is 8.56. The molecule has 1 aromatic heterocycles. The van der Waals surface area contributed by atoms with Gasteiger partial charge >= 0.3 is 6.18 Å². The Hall–Kier alpha value is -2.49. The first kappa shape index (κ1) is 22.8. The molecule has 1 unspecified atom stereocenters. The molecule has 1 aromatic carbocycles. The predicted octanol–water partition coefficient (Wildman–Crippen LogP) is 3.74. The lowest BCUT2D eigenvalue weighted by Gasteiger charge is -2.15. The molecule has 2 N–H and O–H groups in total. The summed E-state index contributed by atoms with van der Waals surface area (Å²) >= 11 is 1.00. The molecule has 0 saturated heterocycles. The number of alkyl halides is 3. The van der Waals surface area contributed by atoms with Crippen molar-refractivity contribution in [2.75, 3.05) is 26.7 Å². The monoisotopic (exact) mass is 430 g/mol. The Bertz CT molecular complexity index is 779. The summed E-state index contributed by atoms with van der Waals surface area (Å²) in [7, 11) is 1.60. The molecular formula is C19H25F3N4O2S. The van der Waals surface area contributed by atoms with E-state index >= 15 is 0 Å². The Balaban J connectivity index is 1.82. The van der Waals surface area contributed by atoms with Gasteiger partial charge in [0, 0.05) is 24.9 Å². The number of thiazole rings is 1. The molecule has 0 amide bonds. The van der Waals surface area contributed by atoms with Crippen LogP contribution in [0.5, 0.6) is 11.5 Å². The average molecular weight is 430 g/mol. The second-order valence-corrected chi connectivity index (χ2v) is 7.07. The highest BCUT2D eigenvalue weighted by molar-refractivity contribution is 7.09. The Morgan fingerprint density at radius 2 is 1.90 bits per heavy atom. The summed E-state index contributed by atoms with van der Waals surface area (Å²) in [5.41, 5.74) is -0.845. The number of benzene rings is 1. The fourth-order valence-corrected chi connectivity index (χ4v) is 3.13. The van der Waals surface area contributed by atoms with Gasteiger partial charge in [0.05, 0.1) is 18.7 Å². The van der Waals surface area contributed by atoms with Crippen molar-refractivity contribution in [2.45, 2.75) is 32.5 Å². The largest absolute Gasteiger partial charge is 0.497 e. The summed E-state index contributed by atoms with van der Waals surface area (Å²) in [6.07, 6.45) is -4.19. The summed E-state index contributed by atoms with van der Waals surface area (Å²) in [6, 6.07) is 7.29. The zero-order chi connectivity index (χ0) is 21.3. The minimum Gasteiger partial charge on any atom is -0.497 e. The Morgan fingerprint density at radius 1 is 1.21 bits per heavy atom. The number of nitrogens with one attached hydrogen (secondary N) is 2. The third-order valence-corrected chi connectivity index (χ3v) is 4.63. The van der Waals surface area contributed by atoms with Gasteiger partial charge in [-0.05, 0) is 38.1 Å². The van der Waals surface area contributed by atoms with E-state index < -0.39 is 11.9 Å². The fourth-order valence-electron chi connectivity index (χ4n) is 2.33. The van der Waals surface area contributed by atoms with Crippen molar-refractivity contribution in [3.05, 3.63) is 40.3 Å². The fraction of sp³-hybridized carbons (Fsp3) is 0.474. The van der Waals surface area contributed by atoms with Crippen LogP contribution in [0.15, 0.2) is 34.6 Å². The Labute approximate surface area is 172 Å². The zero-order valence-electron chi connectivity index (χ0n) is 16.5. The lowest BCUT2D eigenvalue weighted by atomic mass is 10.3. The lowest BCUT2D eigenvalue weighted by molar-refractivity contribution is -0.140. The van der Waals surface area contributed by atoms with E-state index in [0.717, 1.165) is 28.2 Å². The van der Waals surface area contributed by atoms with Crippen molar-refractivity contribution in [1.82, 2.24) is 15.6 Å². The third kappa shape index (κ3) is 7.80. The molecule has 0 radical (unpaired) electrons. The SMILES string of the molecule is CCNC(=NCC(C)Oc1ccc(OC)cc1)NCCc1nc(C(F)(F)F)cs1. The molecule has 0 aliphatic heterocycles. The van der Waals surface area contributed by atoms with E-state index in [-0.39, 0.29) is 6.10 Å². The van der Waals surface area contributed by atoms with Gasteiger partial charge in [-0.1, -0.05) is 0 Å². The number of nitrogens with zero attached hydrogens (tertiary/aromatic N) is 2. The zero-order valence-corrected chi connectivity index (χ0v) is 17.4. The van der Waals surface area contributed by atoms with E-state index in [4.69, 9.17) is 9.47 Å². The van der Waals surface area contributed by atoms with Gasteiger partial charge in [-0.25, -0.2) is 9.98 Å². The first-order chi connectivity index (χ1) is 13.8. The van der Waals surface area contributed by atoms with E-state index in [0.29, 0.717) is 37.0 Å². The quantitative estimate of drug-likeness (QED) is 0.469. The number of aliphatic imine (C=N–C) groups is 1. The topological polar surface area (TPSA) is 67.8 Å². The number of rotatable bonds is 9. The summed E-state index contributed by atoms with van der Waals surface area (Å²) < 4.78 is 48.7. The van der Waals surface area contributed by atoms with Gasteiger partial charge in [0.2, 0.25) is 0 Å². The molecule has 0 fully saturated rings. The number of halogens is 3. The van der Waals surface area contributed by atoms with Gasteiger partial charge in [0.15, 0.2) is 11.7 Å². The smallest absolute Gasteiger partial charge is 0.434 e. The number of methoxy groups -OCH3 is 1. The molecule has 29 heavy (non-hydrogen) atoms. The first-order valence-corrected chi connectivity index (χ1v) is 10.0. The summed E-state index contributed by atoms with van der Waals surface area (Å²) in [6.45, 7) is 5.34. The van der Waals surface area contributed by atoms with Crippen LogP contribution in [0.4, 0.5) is 13.2 Å². The number of guanidine groups is 1. The predicted molar refractivity (Wildman–Crippen MR) is 108 cm³/mol. The third-order valence-electron chi connectivity index (χ3n) is 3.72. The molecule has 1 atom stereocenters. The molecule has 0 aliphatic rings. The molecule has 2 rings (SSSR count). The highest BCUT2D eigenvalue weighted by Gasteiger charge is 2.33. The average Bonchev–Trinajstić information content (AvgIpc) is 3.16. The van der Waals surface area contributed by atoms with E-state index in [1.54, 1.807) is 7.11 Å². The van der Waals surface area contributed by atoms with Crippen molar-refractivity contribution in [1.29, 1.82) is 0 Å². The van der Waals surface area contributed by atoms with Crippen LogP contribution in [0.2, 0.25) is 0 Å². The summed E-state index contributed by atoms with van der Waals surface area (Å²) in [4.78, 5) is 8.09. The number of hydrogen-bond acceptors (Lipinski definition) is 5. The maximum atomic E-state index is 12.6. The maximum absolute atomic E-state index is 12.6. The van der Waals surface area contributed by atoms with Gasteiger partial charge in [-0.2, -0.15) is 13.2 Å². The molecule has 2 aromatic rings. The molecule has 0 bridgehead atoms. The molecule has 0 spiro atoms. The van der Waals surface area contributed by atoms with Crippen LogP contribution in [0.25, 0.3) is 0 Å². The Morgan fingerprint density at radius 3 is 2.48 bits per heavy atom. The van der Waals surface area contributed by atoms with E-state index in [1.165, 1.54) is 0 Å². The van der Waals surface area contributed by atoms with Crippen LogP contribution >= 0.6 is 11.3 Å². The van der Waals surface area contributed by atoms with E-state index in [2.05, 4.69) is 20.6 Å². The van der Waals surface area contributed by atoms with Gasteiger partial charge in [0.1, 0.15) is 17.6 Å². The number of hydrogen-bond donors (Lipinski definition) is 2. The van der Waals surface area contributed by atoms with Crippen molar-refractivity contribution in [2.24, 2.45) is 4.99 Å². The standard InChI is InChI=1S/C19H25F3N4O2S/c1-4-23-18(24-10-9-17-26-16(12-29-17)19(20,21)22)25-11-13(2)28-15-7-5-14(27-3)6-8-15/h5-8,12-13H,4,9-11H2,1-3H3,(H2,23,24,25). The molecule has 0 aliphatic carbocycles. The second kappa shape index (κ2) is 10.9. The van der Waals surface area contributed by atoms with Crippen LogP contribution < -0.4 is 20.1 Å². The van der Waals surface area contributed by atoms with Crippen molar-refractivity contribution in [3.8, 4) is 11.5 Å². The van der Waals surface area contributed by atoms with Gasteiger partial charge in [-0.15, -0.1) is 11.3 Å². The summed E-state index contributed by atoms with van der Waals surface area (Å²) in [5.74, 6) is 2.05. The minimum atomic E-state index is -4.40. The van der Waals surface area contributed by atoms with Gasteiger partial charge in [-0.3, -0.25) is 0 Å². The van der Waals surface area contributed by atoms with Crippen LogP contribution in [-0.4, -0.2) is 43.8 Å². The van der Waals surface area contributed by atoms with Gasteiger partial charge < -0.3 is 20.1 Å². The maximum Gasteiger partial charge on any atom is 0.434 e. The normalized spacial score (nSPS) is 13.1.